The Morgan fingerprint density at radius 2 is 1.58 bits per heavy atom. The highest BCUT2D eigenvalue weighted by atomic mass is 19.1. The smallest absolute Gasteiger partial charge is 0.293 e. The van der Waals surface area contributed by atoms with Crippen LogP contribution in [0.1, 0.15) is 47.1 Å². The molecule has 9 nitrogen and oxygen atoms in total. The summed E-state index contributed by atoms with van der Waals surface area (Å²) in [5.74, 6) is -1.22. The predicted molar refractivity (Wildman–Crippen MR) is 164 cm³/mol. The van der Waals surface area contributed by atoms with Crippen molar-refractivity contribution in [3.8, 4) is 11.3 Å². The zero-order valence-electron chi connectivity index (χ0n) is 24.6. The maximum atomic E-state index is 15.7. The molecule has 3 aromatic carbocycles. The highest BCUT2D eigenvalue weighted by Crippen LogP contribution is 2.28. The molecule has 0 unspecified atom stereocenters. The van der Waals surface area contributed by atoms with Crippen molar-refractivity contribution in [3.63, 3.8) is 0 Å². The van der Waals surface area contributed by atoms with Crippen molar-refractivity contribution >= 4 is 29.0 Å². The number of morpholine rings is 1. The van der Waals surface area contributed by atoms with E-state index in [2.05, 4.69) is 36.4 Å². The van der Waals surface area contributed by atoms with Gasteiger partial charge in [-0.1, -0.05) is 39.0 Å². The number of aryl methyl sites for hydroxylation is 1. The number of carbonyl (C=O) groups is 2. The maximum Gasteiger partial charge on any atom is 0.293 e. The summed E-state index contributed by atoms with van der Waals surface area (Å²) >= 11 is 0. The van der Waals surface area contributed by atoms with Crippen LogP contribution in [0.25, 0.3) is 11.3 Å². The third-order valence-electron chi connectivity index (χ3n) is 7.30. The van der Waals surface area contributed by atoms with Crippen LogP contribution in [-0.2, 0) is 17.2 Å². The van der Waals surface area contributed by atoms with Crippen LogP contribution in [-0.4, -0.2) is 52.6 Å². The lowest BCUT2D eigenvalue weighted by Gasteiger charge is -2.26. The molecule has 1 saturated heterocycles. The van der Waals surface area contributed by atoms with E-state index in [1.807, 2.05) is 12.1 Å². The lowest BCUT2D eigenvalue weighted by Crippen LogP contribution is -2.40. The standard InChI is InChI=1S/C33H34FN5O4/c1-33(2,3)23-12-8-21(9-13-23)30(40)37-26-7-5-6-25(28(26)34)27-20-38(4)32(42)29(36-27)35-24-14-10-22(11-15-24)31(41)39-16-18-43-19-17-39/h5-15,20H,16-19H2,1-4H3,(H,35,36)(H,37,40). The first kappa shape index (κ1) is 29.7. The van der Waals surface area contributed by atoms with Gasteiger partial charge in [-0.15, -0.1) is 0 Å². The number of nitrogens with one attached hydrogen (secondary N) is 2. The molecule has 0 aliphatic carbocycles. The summed E-state index contributed by atoms with van der Waals surface area (Å²) in [6, 6.07) is 18.6. The monoisotopic (exact) mass is 583 g/mol. The van der Waals surface area contributed by atoms with E-state index in [0.717, 1.165) is 5.56 Å². The Labute approximate surface area is 249 Å². The second kappa shape index (κ2) is 12.2. The normalized spacial score (nSPS) is 13.5. The molecule has 222 valence electrons. The van der Waals surface area contributed by atoms with Gasteiger partial charge < -0.3 is 24.8 Å². The van der Waals surface area contributed by atoms with Crippen molar-refractivity contribution in [3.05, 3.63) is 106 Å². The van der Waals surface area contributed by atoms with E-state index in [9.17, 15) is 14.4 Å². The summed E-state index contributed by atoms with van der Waals surface area (Å²) in [6.07, 6.45) is 1.44. The van der Waals surface area contributed by atoms with Crippen molar-refractivity contribution in [2.75, 3.05) is 36.9 Å². The number of aromatic nitrogens is 2. The fourth-order valence-electron chi connectivity index (χ4n) is 4.74. The molecule has 2 heterocycles. The molecule has 0 radical (unpaired) electrons. The van der Waals surface area contributed by atoms with Gasteiger partial charge in [0, 0.05) is 48.7 Å². The van der Waals surface area contributed by atoms with Crippen molar-refractivity contribution in [2.45, 2.75) is 26.2 Å². The van der Waals surface area contributed by atoms with Gasteiger partial charge >= 0.3 is 0 Å². The molecular weight excluding hydrogens is 549 g/mol. The first-order valence-corrected chi connectivity index (χ1v) is 14.0. The SMILES string of the molecule is Cn1cc(-c2cccc(NC(=O)c3ccc(C(C)(C)C)cc3)c2F)nc(Nc2ccc(C(=O)N3CCOCC3)cc2)c1=O. The minimum Gasteiger partial charge on any atom is -0.378 e. The van der Waals surface area contributed by atoms with Crippen molar-refractivity contribution in [1.82, 2.24) is 14.5 Å². The average Bonchev–Trinajstić information content (AvgIpc) is 3.00. The summed E-state index contributed by atoms with van der Waals surface area (Å²) < 4.78 is 22.3. The van der Waals surface area contributed by atoms with Crippen LogP contribution in [0, 0.1) is 5.82 Å². The zero-order valence-corrected chi connectivity index (χ0v) is 24.6. The van der Waals surface area contributed by atoms with Crippen molar-refractivity contribution in [2.24, 2.45) is 7.05 Å². The molecule has 0 bridgehead atoms. The van der Waals surface area contributed by atoms with Crippen LogP contribution in [0.5, 0.6) is 0 Å². The number of amides is 2. The Balaban J connectivity index is 1.35. The second-order valence-electron chi connectivity index (χ2n) is 11.4. The van der Waals surface area contributed by atoms with Crippen LogP contribution in [0.3, 0.4) is 0 Å². The topological polar surface area (TPSA) is 106 Å². The summed E-state index contributed by atoms with van der Waals surface area (Å²) in [6.45, 7) is 8.36. The van der Waals surface area contributed by atoms with Gasteiger partial charge in [-0.05, 0) is 59.5 Å². The van der Waals surface area contributed by atoms with Gasteiger partial charge in [-0.2, -0.15) is 0 Å². The molecule has 2 amide bonds. The van der Waals surface area contributed by atoms with E-state index in [-0.39, 0.29) is 34.1 Å². The molecule has 1 aromatic heterocycles. The minimum absolute atomic E-state index is 0.00640. The number of carbonyl (C=O) groups excluding carboxylic acids is 2. The molecule has 1 aliphatic rings. The number of benzene rings is 3. The Bertz CT molecular complexity index is 1700. The van der Waals surface area contributed by atoms with E-state index in [0.29, 0.717) is 43.1 Å². The predicted octanol–water partition coefficient (Wildman–Crippen LogP) is 5.35. The molecule has 0 atom stereocenters. The molecule has 0 spiro atoms. The highest BCUT2D eigenvalue weighted by molar-refractivity contribution is 6.04. The fourth-order valence-corrected chi connectivity index (χ4v) is 4.74. The third-order valence-corrected chi connectivity index (χ3v) is 7.30. The molecule has 4 aromatic rings. The molecule has 0 saturated carbocycles. The molecule has 10 heteroatoms. The van der Waals surface area contributed by atoms with Crippen LogP contribution in [0.4, 0.5) is 21.6 Å². The quantitative estimate of drug-likeness (QED) is 0.317. The molecule has 5 rings (SSSR count). The van der Waals surface area contributed by atoms with Gasteiger partial charge in [0.05, 0.1) is 24.6 Å². The molecule has 1 aliphatic heterocycles. The number of halogens is 1. The van der Waals surface area contributed by atoms with E-state index < -0.39 is 17.3 Å². The third kappa shape index (κ3) is 6.65. The second-order valence-corrected chi connectivity index (χ2v) is 11.4. The van der Waals surface area contributed by atoms with Gasteiger partial charge in [0.25, 0.3) is 17.4 Å². The number of rotatable bonds is 6. The Morgan fingerprint density at radius 3 is 2.23 bits per heavy atom. The van der Waals surface area contributed by atoms with Gasteiger partial charge in [0.2, 0.25) is 0 Å². The molecule has 2 N–H and O–H groups in total. The highest BCUT2D eigenvalue weighted by Gasteiger charge is 2.20. The molecule has 43 heavy (non-hydrogen) atoms. The van der Waals surface area contributed by atoms with Crippen LogP contribution in [0.15, 0.2) is 77.7 Å². The average molecular weight is 584 g/mol. The van der Waals surface area contributed by atoms with Gasteiger partial charge in [-0.25, -0.2) is 9.37 Å². The first-order chi connectivity index (χ1) is 20.5. The van der Waals surface area contributed by atoms with Gasteiger partial charge in [-0.3, -0.25) is 14.4 Å². The first-order valence-electron chi connectivity index (χ1n) is 14.0. The van der Waals surface area contributed by atoms with E-state index >= 15 is 4.39 Å². The van der Waals surface area contributed by atoms with Crippen LogP contribution in [0.2, 0.25) is 0 Å². The number of hydrogen-bond acceptors (Lipinski definition) is 6. The molecular formula is C33H34FN5O4. The van der Waals surface area contributed by atoms with E-state index in [1.54, 1.807) is 54.4 Å². The summed E-state index contributed by atoms with van der Waals surface area (Å²) in [5.41, 5.74) is 2.39. The lowest BCUT2D eigenvalue weighted by molar-refractivity contribution is 0.0303. The molecule has 1 fully saturated rings. The number of anilines is 3. The zero-order chi connectivity index (χ0) is 30.7. The van der Waals surface area contributed by atoms with Crippen LogP contribution < -0.4 is 16.2 Å². The number of nitrogens with zero attached hydrogens (tertiary/aromatic N) is 3. The Kier molecular flexibility index (Phi) is 8.40. The number of hydrogen-bond donors (Lipinski definition) is 2. The lowest BCUT2D eigenvalue weighted by atomic mass is 9.87. The van der Waals surface area contributed by atoms with Crippen molar-refractivity contribution in [1.29, 1.82) is 0 Å². The van der Waals surface area contributed by atoms with Gasteiger partial charge in [0.1, 0.15) is 0 Å². The summed E-state index contributed by atoms with van der Waals surface area (Å²) in [5, 5.41) is 5.64. The maximum absolute atomic E-state index is 15.7. The van der Waals surface area contributed by atoms with Crippen LogP contribution >= 0.6 is 0 Å². The number of ether oxygens (including phenoxy) is 1. The van der Waals surface area contributed by atoms with E-state index in [1.165, 1.54) is 22.9 Å². The van der Waals surface area contributed by atoms with E-state index in [4.69, 9.17) is 4.74 Å². The van der Waals surface area contributed by atoms with Crippen molar-refractivity contribution < 1.29 is 18.7 Å². The largest absolute Gasteiger partial charge is 0.378 e. The minimum atomic E-state index is -0.676. The summed E-state index contributed by atoms with van der Waals surface area (Å²) in [4.78, 5) is 44.7. The van der Waals surface area contributed by atoms with Gasteiger partial charge in [0.15, 0.2) is 11.6 Å². The Morgan fingerprint density at radius 1 is 0.930 bits per heavy atom. The summed E-state index contributed by atoms with van der Waals surface area (Å²) in [7, 11) is 1.55. The fraction of sp³-hybridized carbons (Fsp3) is 0.273. The Hall–Kier alpha value is -4.83.